The number of thiophene rings is 1. The lowest BCUT2D eigenvalue weighted by Crippen LogP contribution is -2.36. The van der Waals surface area contributed by atoms with Crippen molar-refractivity contribution < 1.29 is 34.5 Å². The third-order valence-electron chi connectivity index (χ3n) is 4.33. The Labute approximate surface area is 172 Å². The Kier molecular flexibility index (Phi) is 6.42. The van der Waals surface area contributed by atoms with Gasteiger partial charge in [0.2, 0.25) is 0 Å². The number of carbonyl (C=O) groups excluding carboxylic acids is 1. The summed E-state index contributed by atoms with van der Waals surface area (Å²) < 4.78 is 11.3. The summed E-state index contributed by atoms with van der Waals surface area (Å²) in [7, 11) is 0. The Morgan fingerprint density at radius 3 is 2.73 bits per heavy atom. The molecule has 0 saturated carbocycles. The van der Waals surface area contributed by atoms with Crippen LogP contribution in [0.3, 0.4) is 0 Å². The van der Waals surface area contributed by atoms with Gasteiger partial charge >= 0.3 is 16.8 Å². The van der Waals surface area contributed by atoms with E-state index in [-0.39, 0.29) is 10.8 Å². The summed E-state index contributed by atoms with van der Waals surface area (Å²) in [6, 6.07) is 4.02. The zero-order chi connectivity index (χ0) is 22.0. The molecule has 2 aromatic heterocycles. The number of amides is 1. The average molecular weight is 442 g/mol. The average Bonchev–Trinajstić information content (AvgIpc) is 3.29. The van der Waals surface area contributed by atoms with E-state index in [0.717, 1.165) is 15.9 Å². The second kappa shape index (κ2) is 8.85. The molecule has 4 N–H and O–H groups in total. The van der Waals surface area contributed by atoms with Crippen LogP contribution in [-0.2, 0) is 9.47 Å². The van der Waals surface area contributed by atoms with Crippen molar-refractivity contribution in [2.45, 2.75) is 37.6 Å². The van der Waals surface area contributed by atoms with E-state index in [0.29, 0.717) is 4.88 Å². The lowest BCUT2D eigenvalue weighted by Gasteiger charge is -2.17. The van der Waals surface area contributed by atoms with E-state index in [9.17, 15) is 29.9 Å². The molecule has 0 aliphatic carbocycles. The highest BCUT2D eigenvalue weighted by atomic mass is 32.1. The first-order valence-electron chi connectivity index (χ1n) is 8.64. The minimum absolute atomic E-state index is 0.0870. The molecule has 30 heavy (non-hydrogen) atoms. The summed E-state index contributed by atoms with van der Waals surface area (Å²) in [5.74, 6) is -0.141. The lowest BCUT2D eigenvalue weighted by molar-refractivity contribution is -0.380. The Morgan fingerprint density at radius 1 is 1.43 bits per heavy atom. The smallest absolute Gasteiger partial charge is 0.413 e. The molecule has 1 fully saturated rings. The Bertz CT molecular complexity index is 993. The lowest BCUT2D eigenvalue weighted by atomic mass is 10.1. The zero-order valence-electron chi connectivity index (χ0n) is 15.4. The van der Waals surface area contributed by atoms with Crippen molar-refractivity contribution in [2.24, 2.45) is 0 Å². The molecule has 3 heterocycles. The molecule has 0 bridgehead atoms. The minimum Gasteiger partial charge on any atom is -0.441 e. The first kappa shape index (κ1) is 21.8. The van der Waals surface area contributed by atoms with Gasteiger partial charge in [-0.25, -0.2) is 9.59 Å². The monoisotopic (exact) mass is 442 g/mol. The Balaban J connectivity index is 1.64. The number of hydrogen-bond acceptors (Lipinski definition) is 11. The van der Waals surface area contributed by atoms with Crippen molar-refractivity contribution in [3.63, 3.8) is 0 Å². The Morgan fingerprint density at radius 2 is 2.17 bits per heavy atom. The van der Waals surface area contributed by atoms with E-state index in [1.807, 2.05) is 0 Å². The fourth-order valence-electron chi connectivity index (χ4n) is 2.80. The van der Waals surface area contributed by atoms with E-state index >= 15 is 0 Å². The normalized spacial score (nSPS) is 24.4. The summed E-state index contributed by atoms with van der Waals surface area (Å²) in [5, 5.41) is 41.8. The second-order valence-corrected chi connectivity index (χ2v) is 7.43. The predicted molar refractivity (Wildman–Crippen MR) is 101 cm³/mol. The van der Waals surface area contributed by atoms with Crippen LogP contribution < -0.4 is 11.0 Å². The summed E-state index contributed by atoms with van der Waals surface area (Å²) in [5.41, 5.74) is -0.885. The van der Waals surface area contributed by atoms with Crippen LogP contribution in [-0.4, -0.2) is 60.8 Å². The molecule has 13 nitrogen and oxygen atoms in total. The van der Waals surface area contributed by atoms with Crippen LogP contribution in [0, 0.1) is 10.1 Å². The highest BCUT2D eigenvalue weighted by Crippen LogP contribution is 2.31. The first-order chi connectivity index (χ1) is 14.2. The number of nitro groups is 1. The van der Waals surface area contributed by atoms with E-state index < -0.39 is 54.0 Å². The van der Waals surface area contributed by atoms with Gasteiger partial charge in [0, 0.05) is 12.3 Å². The number of nitrogens with zero attached hydrogens (tertiary/aromatic N) is 3. The molecule has 14 heteroatoms. The van der Waals surface area contributed by atoms with Gasteiger partial charge in [0.05, 0.1) is 16.4 Å². The van der Waals surface area contributed by atoms with Crippen LogP contribution in [0.4, 0.5) is 15.6 Å². The van der Waals surface area contributed by atoms with Crippen molar-refractivity contribution in [1.82, 2.24) is 9.55 Å². The van der Waals surface area contributed by atoms with Crippen LogP contribution in [0.15, 0.2) is 29.2 Å². The Hall–Kier alpha value is -2.91. The number of aliphatic hydroxyl groups is 3. The van der Waals surface area contributed by atoms with Gasteiger partial charge in [-0.1, -0.05) is 11.3 Å². The first-order valence-corrected chi connectivity index (χ1v) is 9.46. The molecule has 5 atom stereocenters. The molecule has 2 aromatic rings. The zero-order valence-corrected chi connectivity index (χ0v) is 16.3. The largest absolute Gasteiger partial charge is 0.441 e. The number of aromatic nitrogens is 2. The molecule has 162 valence electrons. The number of carbonyl (C=O) groups is 1. The summed E-state index contributed by atoms with van der Waals surface area (Å²) in [6.45, 7) is 0.982. The quantitative estimate of drug-likeness (QED) is 0.354. The number of anilines is 1. The van der Waals surface area contributed by atoms with Crippen LogP contribution >= 0.6 is 11.3 Å². The number of ether oxygens (including phenoxy) is 2. The van der Waals surface area contributed by atoms with Crippen molar-refractivity contribution in [3.05, 3.63) is 49.9 Å². The predicted octanol–water partition coefficient (Wildman–Crippen LogP) is 0.134. The van der Waals surface area contributed by atoms with Crippen LogP contribution in [0.25, 0.3) is 0 Å². The van der Waals surface area contributed by atoms with Gasteiger partial charge in [0.15, 0.2) is 6.23 Å². The molecule has 1 unspecified atom stereocenters. The molecule has 1 aliphatic rings. The molecule has 0 spiro atoms. The molecule has 0 aromatic carbocycles. The van der Waals surface area contributed by atoms with E-state index in [1.165, 1.54) is 31.3 Å². The summed E-state index contributed by atoms with van der Waals surface area (Å²) >= 11 is 0.869. The summed E-state index contributed by atoms with van der Waals surface area (Å²) in [4.78, 5) is 38.6. The number of nitrogens with one attached hydrogen (secondary N) is 1. The number of aliphatic hydroxyl groups excluding tert-OH is 3. The SMILES string of the molecule is CC(OC(=O)Nc1ccn([C@@H]2O[C@H](CO)[C@@H](O)[C@@H]2O)c(=O)n1)c1ccc([N+](=O)[O-])s1. The van der Waals surface area contributed by atoms with E-state index in [1.54, 1.807) is 0 Å². The molecular weight excluding hydrogens is 424 g/mol. The topological polar surface area (TPSA) is 186 Å². The van der Waals surface area contributed by atoms with Gasteiger partial charge in [-0.2, -0.15) is 4.98 Å². The molecule has 1 amide bonds. The van der Waals surface area contributed by atoms with Crippen molar-refractivity contribution in [2.75, 3.05) is 11.9 Å². The maximum absolute atomic E-state index is 12.2. The molecule has 1 saturated heterocycles. The van der Waals surface area contributed by atoms with Gasteiger partial charge in [0.1, 0.15) is 30.2 Å². The van der Waals surface area contributed by atoms with Crippen molar-refractivity contribution in [3.8, 4) is 0 Å². The molecular formula is C16H18N4O9S. The highest BCUT2D eigenvalue weighted by Gasteiger charge is 2.43. The molecule has 3 rings (SSSR count). The third-order valence-corrected chi connectivity index (χ3v) is 5.53. The standard InChI is InChI=1S/C16H18N4O9S/c1-7(9-2-3-11(30-9)20(26)27)28-16(25)18-10-4-5-19(15(24)17-10)14-13(23)12(22)8(6-21)29-14/h2-5,7-8,12-14,21-23H,6H2,1H3,(H,17,18,24,25)/t7?,8-,12-,13+,14-/m1/s1. The van der Waals surface area contributed by atoms with Crippen LogP contribution in [0.2, 0.25) is 0 Å². The highest BCUT2D eigenvalue weighted by molar-refractivity contribution is 7.15. The fraction of sp³-hybridized carbons (Fsp3) is 0.438. The van der Waals surface area contributed by atoms with Crippen LogP contribution in [0.1, 0.15) is 24.1 Å². The number of hydrogen-bond donors (Lipinski definition) is 4. The van der Waals surface area contributed by atoms with Crippen LogP contribution in [0.5, 0.6) is 0 Å². The molecule has 0 radical (unpaired) electrons. The van der Waals surface area contributed by atoms with E-state index in [4.69, 9.17) is 14.6 Å². The van der Waals surface area contributed by atoms with Crippen molar-refractivity contribution in [1.29, 1.82) is 0 Å². The van der Waals surface area contributed by atoms with E-state index in [2.05, 4.69) is 10.3 Å². The maximum atomic E-state index is 12.2. The minimum atomic E-state index is -1.46. The fourth-order valence-corrected chi connectivity index (χ4v) is 3.60. The summed E-state index contributed by atoms with van der Waals surface area (Å²) in [6.07, 6.45) is -5.67. The van der Waals surface area contributed by atoms with Gasteiger partial charge in [-0.3, -0.25) is 20.0 Å². The van der Waals surface area contributed by atoms with Gasteiger partial charge in [-0.05, 0) is 19.1 Å². The van der Waals surface area contributed by atoms with Gasteiger partial charge in [0.25, 0.3) is 0 Å². The van der Waals surface area contributed by atoms with Gasteiger partial charge < -0.3 is 24.8 Å². The van der Waals surface area contributed by atoms with Crippen molar-refractivity contribution >= 4 is 28.2 Å². The number of rotatable bonds is 6. The second-order valence-electron chi connectivity index (χ2n) is 6.34. The molecule has 1 aliphatic heterocycles. The maximum Gasteiger partial charge on any atom is 0.413 e. The van der Waals surface area contributed by atoms with Gasteiger partial charge in [-0.15, -0.1) is 0 Å². The third kappa shape index (κ3) is 4.47.